The second kappa shape index (κ2) is 2.97. The van der Waals surface area contributed by atoms with E-state index in [2.05, 4.69) is 9.97 Å². The predicted octanol–water partition coefficient (Wildman–Crippen LogP) is 1.26. The summed E-state index contributed by atoms with van der Waals surface area (Å²) in [4.78, 5) is 18.7. The van der Waals surface area contributed by atoms with E-state index in [1.54, 1.807) is 12.4 Å². The van der Waals surface area contributed by atoms with Crippen LogP contribution < -0.4 is 0 Å². The largest absolute Gasteiger partial charge is 0.332 e. The molecule has 0 fully saturated rings. The van der Waals surface area contributed by atoms with Crippen molar-refractivity contribution in [2.24, 2.45) is 0 Å². The highest BCUT2D eigenvalue weighted by Crippen LogP contribution is 2.15. The molecule has 4 nitrogen and oxygen atoms in total. The minimum absolute atomic E-state index is 0.650. The molecule has 0 N–H and O–H groups in total. The van der Waals surface area contributed by atoms with Crippen LogP contribution in [0.1, 0.15) is 17.3 Å². The van der Waals surface area contributed by atoms with Gasteiger partial charge in [-0.25, -0.2) is 9.97 Å². The highest BCUT2D eigenvalue weighted by Gasteiger charge is 2.06. The SMILES string of the molecule is CCn1cc(C=O)c2cncnc21. The van der Waals surface area contributed by atoms with Crippen molar-refractivity contribution in [2.45, 2.75) is 13.5 Å². The third-order valence-electron chi connectivity index (χ3n) is 2.04. The molecule has 0 spiro atoms. The van der Waals surface area contributed by atoms with Gasteiger partial charge in [0.1, 0.15) is 12.0 Å². The van der Waals surface area contributed by atoms with E-state index in [4.69, 9.17) is 0 Å². The quantitative estimate of drug-likeness (QED) is 0.645. The van der Waals surface area contributed by atoms with Crippen molar-refractivity contribution in [1.29, 1.82) is 0 Å². The summed E-state index contributed by atoms with van der Waals surface area (Å²) in [6, 6.07) is 0. The van der Waals surface area contributed by atoms with Gasteiger partial charge in [0, 0.05) is 29.9 Å². The third-order valence-corrected chi connectivity index (χ3v) is 2.04. The van der Waals surface area contributed by atoms with Gasteiger partial charge in [-0.05, 0) is 6.92 Å². The number of nitrogens with zero attached hydrogens (tertiary/aromatic N) is 3. The van der Waals surface area contributed by atoms with E-state index in [1.807, 2.05) is 11.5 Å². The zero-order chi connectivity index (χ0) is 9.26. The number of hydrogen-bond donors (Lipinski definition) is 0. The van der Waals surface area contributed by atoms with Crippen molar-refractivity contribution in [1.82, 2.24) is 14.5 Å². The Balaban J connectivity index is 2.81. The zero-order valence-corrected chi connectivity index (χ0v) is 7.27. The first-order valence-corrected chi connectivity index (χ1v) is 4.11. The van der Waals surface area contributed by atoms with Gasteiger partial charge in [-0.15, -0.1) is 0 Å². The van der Waals surface area contributed by atoms with Crippen molar-refractivity contribution < 1.29 is 4.79 Å². The van der Waals surface area contributed by atoms with Gasteiger partial charge in [0.15, 0.2) is 6.29 Å². The first-order valence-electron chi connectivity index (χ1n) is 4.11. The maximum atomic E-state index is 10.7. The van der Waals surface area contributed by atoms with Crippen LogP contribution in [-0.4, -0.2) is 20.8 Å². The van der Waals surface area contributed by atoms with Crippen molar-refractivity contribution in [3.63, 3.8) is 0 Å². The molecule has 2 rings (SSSR count). The Kier molecular flexibility index (Phi) is 1.81. The Morgan fingerprint density at radius 1 is 1.62 bits per heavy atom. The maximum absolute atomic E-state index is 10.7. The van der Waals surface area contributed by atoms with Crippen LogP contribution in [0.3, 0.4) is 0 Å². The molecule has 0 aromatic carbocycles. The normalized spacial score (nSPS) is 10.5. The summed E-state index contributed by atoms with van der Waals surface area (Å²) in [5.74, 6) is 0. The third kappa shape index (κ3) is 1.11. The molecule has 0 unspecified atom stereocenters. The fourth-order valence-corrected chi connectivity index (χ4v) is 1.39. The van der Waals surface area contributed by atoms with E-state index in [9.17, 15) is 4.79 Å². The lowest BCUT2D eigenvalue weighted by Gasteiger charge is -1.96. The number of carbonyl (C=O) groups excluding carboxylic acids is 1. The Bertz CT molecular complexity index is 447. The number of aromatic nitrogens is 3. The molecule has 0 amide bonds. The van der Waals surface area contributed by atoms with Gasteiger partial charge in [-0.1, -0.05) is 0 Å². The molecule has 0 saturated heterocycles. The predicted molar refractivity (Wildman–Crippen MR) is 48.6 cm³/mol. The minimum atomic E-state index is 0.650. The van der Waals surface area contributed by atoms with Gasteiger partial charge in [0.05, 0.1) is 0 Å². The van der Waals surface area contributed by atoms with E-state index in [-0.39, 0.29) is 0 Å². The van der Waals surface area contributed by atoms with Gasteiger partial charge in [-0.2, -0.15) is 0 Å². The minimum Gasteiger partial charge on any atom is -0.332 e. The summed E-state index contributed by atoms with van der Waals surface area (Å²) in [5.41, 5.74) is 1.47. The van der Waals surface area contributed by atoms with Gasteiger partial charge in [0.25, 0.3) is 0 Å². The van der Waals surface area contributed by atoms with Crippen LogP contribution >= 0.6 is 0 Å². The fraction of sp³-hybridized carbons (Fsp3) is 0.222. The number of rotatable bonds is 2. The summed E-state index contributed by atoms with van der Waals surface area (Å²) >= 11 is 0. The highest BCUT2D eigenvalue weighted by atomic mass is 16.1. The Morgan fingerprint density at radius 3 is 3.15 bits per heavy atom. The lowest BCUT2D eigenvalue weighted by atomic mass is 10.3. The zero-order valence-electron chi connectivity index (χ0n) is 7.27. The van der Waals surface area contributed by atoms with Crippen LogP contribution in [0.4, 0.5) is 0 Å². The number of carbonyl (C=O) groups is 1. The lowest BCUT2D eigenvalue weighted by Crippen LogP contribution is -1.92. The molecule has 0 radical (unpaired) electrons. The maximum Gasteiger partial charge on any atom is 0.152 e. The average Bonchev–Trinajstić information content (AvgIpc) is 2.56. The van der Waals surface area contributed by atoms with Crippen molar-refractivity contribution in [2.75, 3.05) is 0 Å². The summed E-state index contributed by atoms with van der Waals surface area (Å²) < 4.78 is 1.93. The van der Waals surface area contributed by atoms with Gasteiger partial charge >= 0.3 is 0 Å². The van der Waals surface area contributed by atoms with Crippen molar-refractivity contribution >= 4 is 17.3 Å². The summed E-state index contributed by atoms with van der Waals surface area (Å²) in [7, 11) is 0. The Labute approximate surface area is 75.2 Å². The molecule has 0 aliphatic carbocycles. The van der Waals surface area contributed by atoms with E-state index in [0.717, 1.165) is 23.9 Å². The van der Waals surface area contributed by atoms with E-state index >= 15 is 0 Å². The van der Waals surface area contributed by atoms with Crippen LogP contribution in [0.15, 0.2) is 18.7 Å². The molecular weight excluding hydrogens is 166 g/mol. The number of fused-ring (bicyclic) bond motifs is 1. The highest BCUT2D eigenvalue weighted by molar-refractivity contribution is 5.95. The summed E-state index contributed by atoms with van der Waals surface area (Å²) in [6.45, 7) is 2.82. The molecule has 0 saturated carbocycles. The molecule has 2 aromatic heterocycles. The van der Waals surface area contributed by atoms with Gasteiger partial charge in [-0.3, -0.25) is 4.79 Å². The topological polar surface area (TPSA) is 47.8 Å². The standard InChI is InChI=1S/C9H9N3O/c1-2-12-4-7(5-13)8-3-10-6-11-9(8)12/h3-6H,2H2,1H3. The Morgan fingerprint density at radius 2 is 2.46 bits per heavy atom. The molecule has 0 bridgehead atoms. The van der Waals surface area contributed by atoms with Crippen LogP contribution in [-0.2, 0) is 6.54 Å². The van der Waals surface area contributed by atoms with Crippen LogP contribution in [0.5, 0.6) is 0 Å². The smallest absolute Gasteiger partial charge is 0.152 e. The average molecular weight is 175 g/mol. The monoisotopic (exact) mass is 175 g/mol. The van der Waals surface area contributed by atoms with Crippen LogP contribution in [0, 0.1) is 0 Å². The van der Waals surface area contributed by atoms with Gasteiger partial charge in [0.2, 0.25) is 0 Å². The van der Waals surface area contributed by atoms with Crippen LogP contribution in [0.25, 0.3) is 11.0 Å². The molecule has 2 aromatic rings. The first-order chi connectivity index (χ1) is 6.36. The molecule has 0 aliphatic rings. The number of hydrogen-bond acceptors (Lipinski definition) is 3. The van der Waals surface area contributed by atoms with Gasteiger partial charge < -0.3 is 4.57 Å². The molecule has 4 heteroatoms. The Hall–Kier alpha value is -1.71. The molecule has 13 heavy (non-hydrogen) atoms. The molecule has 0 aliphatic heterocycles. The van der Waals surface area contributed by atoms with E-state index in [0.29, 0.717) is 5.56 Å². The second-order valence-electron chi connectivity index (χ2n) is 2.75. The summed E-state index contributed by atoms with van der Waals surface area (Å²) in [6.07, 6.45) is 5.78. The van der Waals surface area contributed by atoms with E-state index in [1.165, 1.54) is 6.33 Å². The van der Waals surface area contributed by atoms with Crippen molar-refractivity contribution in [3.8, 4) is 0 Å². The molecular formula is C9H9N3O. The fourth-order valence-electron chi connectivity index (χ4n) is 1.39. The number of aryl methyl sites for hydroxylation is 1. The molecule has 66 valence electrons. The van der Waals surface area contributed by atoms with Crippen molar-refractivity contribution in [3.05, 3.63) is 24.3 Å². The lowest BCUT2D eigenvalue weighted by molar-refractivity contribution is 0.112. The first kappa shape index (κ1) is 7.91. The molecule has 0 atom stereocenters. The molecule has 2 heterocycles. The number of aldehydes is 1. The summed E-state index contributed by atoms with van der Waals surface area (Å²) in [5, 5.41) is 0.819. The van der Waals surface area contributed by atoms with E-state index < -0.39 is 0 Å². The second-order valence-corrected chi connectivity index (χ2v) is 2.75. The van der Waals surface area contributed by atoms with Crippen LogP contribution in [0.2, 0.25) is 0 Å².